The molecule has 1 aliphatic heterocycles. The number of H-pyrrole nitrogens is 1. The highest BCUT2D eigenvalue weighted by atomic mass is 32.2. The highest BCUT2D eigenvalue weighted by molar-refractivity contribution is 8.03. The van der Waals surface area contributed by atoms with Crippen LogP contribution < -0.4 is 0 Å². The summed E-state index contributed by atoms with van der Waals surface area (Å²) in [6.07, 6.45) is 18.0. The second kappa shape index (κ2) is 14.4. The van der Waals surface area contributed by atoms with Crippen LogP contribution in [0.1, 0.15) is 129 Å². The number of fused-ring (bicyclic) bond motifs is 6. The molecular weight excluding hydrogens is 635 g/mol. The topological polar surface area (TPSA) is 62.3 Å². The third-order valence-corrected chi connectivity index (χ3v) is 16.4. The fourth-order valence-corrected chi connectivity index (χ4v) is 13.2. The van der Waals surface area contributed by atoms with Gasteiger partial charge in [0.2, 0.25) is 0 Å². The molecule has 2 N–H and O–H groups in total. The number of aliphatic hydroxyl groups is 1. The van der Waals surface area contributed by atoms with Crippen LogP contribution in [0.3, 0.4) is 0 Å². The quantitative estimate of drug-likeness (QED) is 0.139. The van der Waals surface area contributed by atoms with Gasteiger partial charge in [-0.3, -0.25) is 4.79 Å². The zero-order valence-corrected chi connectivity index (χ0v) is 32.5. The van der Waals surface area contributed by atoms with Crippen molar-refractivity contribution >= 4 is 28.4 Å². The highest BCUT2D eigenvalue weighted by Crippen LogP contribution is 2.67. The Morgan fingerprint density at radius 3 is 2.64 bits per heavy atom. The molecule has 2 aromatic rings. The number of hydrogen-bond acceptors (Lipinski definition) is 4. The van der Waals surface area contributed by atoms with E-state index < -0.39 is 6.29 Å². The molecule has 0 spiro atoms. The predicted molar refractivity (Wildman–Crippen MR) is 209 cm³/mol. The van der Waals surface area contributed by atoms with Gasteiger partial charge in [-0.05, 0) is 134 Å². The molecule has 5 aliphatic rings. The number of hydrogen-bond donors (Lipinski definition) is 2. The second-order valence-electron chi connectivity index (χ2n) is 18.0. The number of carbonyl (C=O) groups excluding carboxylic acids is 1. The second-order valence-corrected chi connectivity index (χ2v) is 18.9. The lowest BCUT2D eigenvalue weighted by Crippen LogP contribution is -2.51. The van der Waals surface area contributed by atoms with Crippen molar-refractivity contribution in [2.45, 2.75) is 136 Å². The van der Waals surface area contributed by atoms with Crippen LogP contribution in [0.2, 0.25) is 0 Å². The minimum atomic E-state index is -0.962. The Kier molecular flexibility index (Phi) is 10.4. The molecule has 3 fully saturated rings. The van der Waals surface area contributed by atoms with E-state index in [0.717, 1.165) is 82.7 Å². The number of aromatic nitrogens is 1. The molecule has 0 amide bonds. The van der Waals surface area contributed by atoms with Gasteiger partial charge in [0.1, 0.15) is 0 Å². The largest absolute Gasteiger partial charge is 0.364 e. The summed E-state index contributed by atoms with van der Waals surface area (Å²) in [5, 5.41) is 13.8. The van der Waals surface area contributed by atoms with Gasteiger partial charge in [0.05, 0.1) is 11.4 Å². The third-order valence-electron chi connectivity index (χ3n) is 15.2. The van der Waals surface area contributed by atoms with Gasteiger partial charge in [0.25, 0.3) is 0 Å². The van der Waals surface area contributed by atoms with E-state index in [0.29, 0.717) is 17.4 Å². The van der Waals surface area contributed by atoms with E-state index in [4.69, 9.17) is 4.74 Å². The Balaban J connectivity index is 0.965. The van der Waals surface area contributed by atoms with Crippen LogP contribution in [0.15, 0.2) is 65.2 Å². The highest BCUT2D eigenvalue weighted by Gasteiger charge is 2.59. The third kappa shape index (κ3) is 6.44. The number of rotatable bonds is 11. The van der Waals surface area contributed by atoms with E-state index in [1.54, 1.807) is 5.57 Å². The van der Waals surface area contributed by atoms with Gasteiger partial charge >= 0.3 is 0 Å². The molecule has 7 rings (SSSR count). The number of Topliss-reactive ketones (excluding diaryl/α,β-unsaturated/α-hetero) is 1. The van der Waals surface area contributed by atoms with Crippen molar-refractivity contribution in [2.24, 2.45) is 52.3 Å². The molecule has 1 aromatic carbocycles. The van der Waals surface area contributed by atoms with Crippen LogP contribution in [-0.4, -0.2) is 33.5 Å². The lowest BCUT2D eigenvalue weighted by Gasteiger charge is -2.58. The first kappa shape index (κ1) is 36.3. The van der Waals surface area contributed by atoms with E-state index in [-0.39, 0.29) is 22.6 Å². The average Bonchev–Trinajstić information content (AvgIpc) is 3.69. The van der Waals surface area contributed by atoms with E-state index in [1.165, 1.54) is 63.1 Å². The Hall–Kier alpha value is -2.08. The number of ether oxygens (including phenoxy) is 1. The monoisotopic (exact) mass is 697 g/mol. The van der Waals surface area contributed by atoms with Crippen LogP contribution in [-0.2, 0) is 4.74 Å². The number of nitrogens with one attached hydrogen (secondary N) is 1. The maximum atomic E-state index is 13.5. The van der Waals surface area contributed by atoms with Crippen LogP contribution in [0.4, 0.5) is 0 Å². The zero-order valence-electron chi connectivity index (χ0n) is 31.7. The maximum absolute atomic E-state index is 13.5. The van der Waals surface area contributed by atoms with E-state index in [1.807, 2.05) is 35.9 Å². The molecule has 0 saturated heterocycles. The first-order valence-corrected chi connectivity index (χ1v) is 21.0. The smallest absolute Gasteiger partial charge is 0.182 e. The number of aromatic amines is 1. The summed E-state index contributed by atoms with van der Waals surface area (Å²) in [6.45, 7) is 19.4. The number of thioether (sulfide) groups is 1. The van der Waals surface area contributed by atoms with Crippen molar-refractivity contribution in [2.75, 3.05) is 0 Å². The number of para-hydroxylation sites is 1. The summed E-state index contributed by atoms with van der Waals surface area (Å²) in [6, 6.07) is 7.91. The molecule has 2 heterocycles. The van der Waals surface area contributed by atoms with Gasteiger partial charge in [0.15, 0.2) is 12.1 Å². The van der Waals surface area contributed by atoms with Gasteiger partial charge < -0.3 is 14.8 Å². The first-order valence-electron chi connectivity index (χ1n) is 20.1. The van der Waals surface area contributed by atoms with Crippen LogP contribution in [0.25, 0.3) is 10.9 Å². The molecule has 4 nitrogen and oxygen atoms in total. The lowest BCUT2D eigenvalue weighted by molar-refractivity contribution is -0.130. The summed E-state index contributed by atoms with van der Waals surface area (Å²) in [5.74, 6) is 5.91. The zero-order chi connectivity index (χ0) is 35.4. The summed E-state index contributed by atoms with van der Waals surface area (Å²) < 4.78 is 6.43. The van der Waals surface area contributed by atoms with Gasteiger partial charge in [-0.1, -0.05) is 96.4 Å². The molecule has 3 saturated carbocycles. The van der Waals surface area contributed by atoms with Crippen LogP contribution in [0.5, 0.6) is 0 Å². The SMILES string of the molecule is C=C1CC(C(O)OC2CCC3(C)C(=CCC4C3CCC3(C)C(C(C)CCC(CC)C(C)C)CCC43)C2)=CSC1C(=O)c1c[nH]c2ccccc12. The number of allylic oxidation sites excluding steroid dienone is 1. The standard InChI is InChI=1S/C45H63NO3S/c1-8-30(27(2)3)14-13-28(4)37-17-18-38-35-16-15-32-24-33(19-21-44(32,6)39(35)20-22-45(37,38)7)49-43(48)31-23-29(5)42(50-26-31)41(47)36-25-46-40-12-10-9-11-34(36)40/h9-12,15,25-28,30,33,35,37-39,42-43,46,48H,5,8,13-14,16-24H2,1-4,6-7H3. The van der Waals surface area contributed by atoms with Crippen molar-refractivity contribution in [3.8, 4) is 0 Å². The summed E-state index contributed by atoms with van der Waals surface area (Å²) >= 11 is 1.45. The molecule has 50 heavy (non-hydrogen) atoms. The first-order chi connectivity index (χ1) is 23.9. The van der Waals surface area contributed by atoms with Gasteiger partial charge in [-0.25, -0.2) is 0 Å². The Morgan fingerprint density at radius 2 is 1.88 bits per heavy atom. The average molecular weight is 698 g/mol. The summed E-state index contributed by atoms with van der Waals surface area (Å²) in [7, 11) is 0. The normalized spacial score (nSPS) is 35.9. The van der Waals surface area contributed by atoms with Crippen LogP contribution >= 0.6 is 11.8 Å². The Morgan fingerprint density at radius 1 is 1.08 bits per heavy atom. The van der Waals surface area contributed by atoms with Gasteiger partial charge in [-0.2, -0.15) is 0 Å². The van der Waals surface area contributed by atoms with E-state index in [9.17, 15) is 9.90 Å². The lowest BCUT2D eigenvalue weighted by atomic mass is 9.47. The van der Waals surface area contributed by atoms with Crippen molar-refractivity contribution in [1.82, 2.24) is 4.98 Å². The van der Waals surface area contributed by atoms with Crippen molar-refractivity contribution < 1.29 is 14.6 Å². The van der Waals surface area contributed by atoms with Crippen molar-refractivity contribution in [3.63, 3.8) is 0 Å². The van der Waals surface area contributed by atoms with Gasteiger partial charge in [0, 0.05) is 22.7 Å². The predicted octanol–water partition coefficient (Wildman–Crippen LogP) is 11.7. The number of ketones is 1. The maximum Gasteiger partial charge on any atom is 0.182 e. The Labute approximate surface area is 306 Å². The van der Waals surface area contributed by atoms with Crippen LogP contribution in [0, 0.1) is 52.3 Å². The molecule has 0 radical (unpaired) electrons. The number of benzene rings is 1. The molecule has 11 atom stereocenters. The molecule has 4 aliphatic carbocycles. The fraction of sp³-hybridized carbons (Fsp3) is 0.667. The molecule has 1 aromatic heterocycles. The minimum absolute atomic E-state index is 0.0222. The Bertz CT molecular complexity index is 1640. The molecule has 11 unspecified atom stereocenters. The fourth-order valence-electron chi connectivity index (χ4n) is 12.1. The van der Waals surface area contributed by atoms with E-state index in [2.05, 4.69) is 59.2 Å². The molecule has 272 valence electrons. The van der Waals surface area contributed by atoms with Gasteiger partial charge in [-0.15, -0.1) is 11.8 Å². The van der Waals surface area contributed by atoms with Crippen molar-refractivity contribution in [1.29, 1.82) is 0 Å². The van der Waals surface area contributed by atoms with E-state index >= 15 is 0 Å². The minimum Gasteiger partial charge on any atom is -0.364 e. The number of carbonyl (C=O) groups is 1. The molecule has 0 bridgehead atoms. The molecule has 5 heteroatoms. The number of aliphatic hydroxyl groups excluding tert-OH is 1. The summed E-state index contributed by atoms with van der Waals surface area (Å²) in [5.41, 5.74) is 5.67. The van der Waals surface area contributed by atoms with Crippen molar-refractivity contribution in [3.05, 3.63) is 70.8 Å². The summed E-state index contributed by atoms with van der Waals surface area (Å²) in [4.78, 5) is 16.7. The molecular formula is C45H63NO3S.